The molecule has 1 heterocycles. The van der Waals surface area contributed by atoms with E-state index in [2.05, 4.69) is 5.32 Å². The molecule has 3 nitrogen and oxygen atoms in total. The molecule has 2 fully saturated rings. The van der Waals surface area contributed by atoms with Crippen molar-refractivity contribution in [3.05, 3.63) is 0 Å². The Bertz CT molecular complexity index is 185. The first-order valence-corrected chi connectivity index (χ1v) is 3.74. The fourth-order valence-electron chi connectivity index (χ4n) is 2.09. The minimum atomic E-state index is -0.652. The lowest BCUT2D eigenvalue weighted by Crippen LogP contribution is -2.58. The van der Waals surface area contributed by atoms with Crippen LogP contribution in [0, 0.1) is 5.92 Å². The monoisotopic (exact) mass is 177 g/mol. The molecule has 4 heteroatoms. The molecule has 2 atom stereocenters. The Labute approximate surface area is 71.6 Å². The summed E-state index contributed by atoms with van der Waals surface area (Å²) >= 11 is 0. The van der Waals surface area contributed by atoms with Crippen LogP contribution in [0.4, 0.5) is 0 Å². The van der Waals surface area contributed by atoms with Crippen molar-refractivity contribution in [2.24, 2.45) is 5.92 Å². The average molecular weight is 178 g/mol. The molecule has 0 bridgehead atoms. The number of hydrogen-bond acceptors (Lipinski definition) is 2. The van der Waals surface area contributed by atoms with Gasteiger partial charge in [-0.2, -0.15) is 0 Å². The van der Waals surface area contributed by atoms with Gasteiger partial charge in [0.1, 0.15) is 5.54 Å². The van der Waals surface area contributed by atoms with E-state index in [1.807, 2.05) is 0 Å². The van der Waals surface area contributed by atoms with Gasteiger partial charge < -0.3 is 10.4 Å². The first kappa shape index (κ1) is 8.81. The van der Waals surface area contributed by atoms with Gasteiger partial charge in [-0.15, -0.1) is 12.4 Å². The summed E-state index contributed by atoms with van der Waals surface area (Å²) < 4.78 is 0. The lowest BCUT2D eigenvalue weighted by atomic mass is 9.68. The third-order valence-corrected chi connectivity index (χ3v) is 2.90. The molecule has 0 amide bonds. The molecule has 11 heavy (non-hydrogen) atoms. The first-order chi connectivity index (χ1) is 4.76. The van der Waals surface area contributed by atoms with Crippen LogP contribution >= 0.6 is 12.4 Å². The number of carbonyl (C=O) groups is 1. The van der Waals surface area contributed by atoms with Crippen LogP contribution in [0.15, 0.2) is 0 Å². The lowest BCUT2D eigenvalue weighted by molar-refractivity contribution is -0.150. The van der Waals surface area contributed by atoms with E-state index in [0.717, 1.165) is 25.8 Å². The summed E-state index contributed by atoms with van der Waals surface area (Å²) in [5.41, 5.74) is -0.500. The van der Waals surface area contributed by atoms with E-state index in [1.54, 1.807) is 0 Å². The quantitative estimate of drug-likeness (QED) is 0.618. The second kappa shape index (κ2) is 2.64. The topological polar surface area (TPSA) is 49.3 Å². The van der Waals surface area contributed by atoms with E-state index in [1.165, 1.54) is 0 Å². The largest absolute Gasteiger partial charge is 0.480 e. The molecule has 0 spiro atoms. The standard InChI is InChI=1S/C7H11NO2.ClH/c9-6(10)7-3-1-5(7)2-4-8-7;/h5,8H,1-4H2,(H,9,10);1H/t5-,7-;/m0./s1. The van der Waals surface area contributed by atoms with E-state index < -0.39 is 11.5 Å². The predicted octanol–water partition coefficient (Wildman–Crippen LogP) is 0.635. The van der Waals surface area contributed by atoms with Crippen LogP contribution in [0.3, 0.4) is 0 Å². The molecule has 2 aliphatic rings. The molecule has 1 saturated heterocycles. The summed E-state index contributed by atoms with van der Waals surface area (Å²) in [5.74, 6) is -0.230. The van der Waals surface area contributed by atoms with E-state index >= 15 is 0 Å². The van der Waals surface area contributed by atoms with Crippen LogP contribution in [0.2, 0.25) is 0 Å². The molecule has 2 rings (SSSR count). The molecular formula is C7H12ClNO2. The fraction of sp³-hybridized carbons (Fsp3) is 0.857. The van der Waals surface area contributed by atoms with E-state index in [0.29, 0.717) is 5.92 Å². The maximum absolute atomic E-state index is 10.7. The van der Waals surface area contributed by atoms with Gasteiger partial charge in [0.05, 0.1) is 0 Å². The Morgan fingerprint density at radius 1 is 1.55 bits per heavy atom. The van der Waals surface area contributed by atoms with Crippen LogP contribution < -0.4 is 5.32 Å². The Kier molecular flexibility index (Phi) is 2.12. The van der Waals surface area contributed by atoms with Crippen molar-refractivity contribution in [1.29, 1.82) is 0 Å². The van der Waals surface area contributed by atoms with Crippen molar-refractivity contribution in [2.45, 2.75) is 24.8 Å². The van der Waals surface area contributed by atoms with Crippen molar-refractivity contribution >= 4 is 18.4 Å². The molecule has 0 unspecified atom stereocenters. The van der Waals surface area contributed by atoms with Crippen LogP contribution in [0.25, 0.3) is 0 Å². The maximum Gasteiger partial charge on any atom is 0.324 e. The fourth-order valence-corrected chi connectivity index (χ4v) is 2.09. The molecular weight excluding hydrogens is 166 g/mol. The number of aliphatic carboxylic acids is 1. The molecule has 0 aromatic rings. The van der Waals surface area contributed by atoms with Gasteiger partial charge in [0.2, 0.25) is 0 Å². The van der Waals surface area contributed by atoms with Gasteiger partial charge in [-0.05, 0) is 31.7 Å². The molecule has 2 N–H and O–H groups in total. The molecule has 0 aromatic heterocycles. The highest BCUT2D eigenvalue weighted by Crippen LogP contribution is 2.44. The van der Waals surface area contributed by atoms with Gasteiger partial charge in [0.15, 0.2) is 0 Å². The Morgan fingerprint density at radius 3 is 2.55 bits per heavy atom. The van der Waals surface area contributed by atoms with Gasteiger partial charge in [-0.25, -0.2) is 0 Å². The molecule has 1 saturated carbocycles. The van der Waals surface area contributed by atoms with Crippen LogP contribution in [0.5, 0.6) is 0 Å². The number of fused-ring (bicyclic) bond motifs is 1. The third-order valence-electron chi connectivity index (χ3n) is 2.90. The predicted molar refractivity (Wildman–Crippen MR) is 43.0 cm³/mol. The van der Waals surface area contributed by atoms with Crippen molar-refractivity contribution in [1.82, 2.24) is 5.32 Å². The highest BCUT2D eigenvalue weighted by Gasteiger charge is 2.55. The summed E-state index contributed by atoms with van der Waals surface area (Å²) in [5, 5.41) is 11.9. The van der Waals surface area contributed by atoms with Crippen molar-refractivity contribution < 1.29 is 9.90 Å². The van der Waals surface area contributed by atoms with Gasteiger partial charge in [0.25, 0.3) is 0 Å². The Hall–Kier alpha value is -0.280. The van der Waals surface area contributed by atoms with Gasteiger partial charge in [0, 0.05) is 0 Å². The van der Waals surface area contributed by atoms with E-state index in [-0.39, 0.29) is 12.4 Å². The number of carboxylic acids is 1. The van der Waals surface area contributed by atoms with E-state index in [9.17, 15) is 4.79 Å². The number of nitrogens with one attached hydrogen (secondary N) is 1. The number of rotatable bonds is 1. The molecule has 64 valence electrons. The zero-order valence-corrected chi connectivity index (χ0v) is 6.99. The minimum absolute atomic E-state index is 0. The molecule has 1 aliphatic carbocycles. The number of halogens is 1. The summed E-state index contributed by atoms with van der Waals surface area (Å²) in [4.78, 5) is 10.7. The Balaban J connectivity index is 0.000000605. The average Bonchev–Trinajstić information content (AvgIpc) is 2.09. The first-order valence-electron chi connectivity index (χ1n) is 3.74. The van der Waals surface area contributed by atoms with Crippen LogP contribution in [-0.4, -0.2) is 23.2 Å². The maximum atomic E-state index is 10.7. The van der Waals surface area contributed by atoms with Crippen molar-refractivity contribution in [3.63, 3.8) is 0 Å². The SMILES string of the molecule is Cl.O=C(O)[C@]12CC[C@H]1CCN2. The second-order valence-corrected chi connectivity index (χ2v) is 3.23. The minimum Gasteiger partial charge on any atom is -0.480 e. The summed E-state index contributed by atoms with van der Waals surface area (Å²) in [6.07, 6.45) is 2.97. The molecule has 0 radical (unpaired) electrons. The highest BCUT2D eigenvalue weighted by atomic mass is 35.5. The van der Waals surface area contributed by atoms with Gasteiger partial charge in [-0.1, -0.05) is 0 Å². The lowest BCUT2D eigenvalue weighted by Gasteiger charge is -2.40. The molecule has 1 aliphatic heterocycles. The zero-order valence-electron chi connectivity index (χ0n) is 6.17. The highest BCUT2D eigenvalue weighted by molar-refractivity contribution is 5.85. The van der Waals surface area contributed by atoms with Crippen molar-refractivity contribution in [3.8, 4) is 0 Å². The van der Waals surface area contributed by atoms with Crippen molar-refractivity contribution in [2.75, 3.05) is 6.54 Å². The second-order valence-electron chi connectivity index (χ2n) is 3.23. The zero-order chi connectivity index (χ0) is 7.19. The summed E-state index contributed by atoms with van der Waals surface area (Å²) in [6, 6.07) is 0. The summed E-state index contributed by atoms with van der Waals surface area (Å²) in [7, 11) is 0. The summed E-state index contributed by atoms with van der Waals surface area (Å²) in [6.45, 7) is 0.886. The number of carboxylic acid groups (broad SMARTS) is 1. The van der Waals surface area contributed by atoms with Gasteiger partial charge in [-0.3, -0.25) is 4.79 Å². The smallest absolute Gasteiger partial charge is 0.324 e. The Morgan fingerprint density at radius 2 is 2.27 bits per heavy atom. The van der Waals surface area contributed by atoms with E-state index in [4.69, 9.17) is 5.11 Å². The van der Waals surface area contributed by atoms with Gasteiger partial charge >= 0.3 is 5.97 Å². The number of hydrogen-bond donors (Lipinski definition) is 2. The normalized spacial score (nSPS) is 40.2. The third kappa shape index (κ3) is 0.948. The van der Waals surface area contributed by atoms with Crippen LogP contribution in [0.1, 0.15) is 19.3 Å². The molecule has 0 aromatic carbocycles. The van der Waals surface area contributed by atoms with Crippen LogP contribution in [-0.2, 0) is 4.79 Å².